The molecule has 0 aromatic heterocycles. The number of nitrogens with zero attached hydrogens (tertiary/aromatic N) is 1. The minimum Gasteiger partial charge on any atom is -0.385 e. The zero-order chi connectivity index (χ0) is 4.41. The van der Waals surface area contributed by atoms with Gasteiger partial charge in [-0.05, 0) is 11.9 Å². The number of nitrogens with one attached hydrogen (secondary N) is 1. The van der Waals surface area contributed by atoms with Gasteiger partial charge in [0.15, 0.2) is 0 Å². The predicted octanol–water partition coefficient (Wildman–Crippen LogP) is -0.490. The van der Waals surface area contributed by atoms with Crippen molar-refractivity contribution < 1.29 is 0 Å². The van der Waals surface area contributed by atoms with Gasteiger partial charge in [-0.2, -0.15) is 5.10 Å². The summed E-state index contributed by atoms with van der Waals surface area (Å²) in [6.45, 7) is 0. The third kappa shape index (κ3) is 0.567. The van der Waals surface area contributed by atoms with E-state index in [0.29, 0.717) is 5.84 Å². The number of rotatable bonds is 0. The van der Waals surface area contributed by atoms with Crippen LogP contribution in [0, 0.1) is 0 Å². The van der Waals surface area contributed by atoms with Gasteiger partial charge in [-0.25, -0.2) is 4.83 Å². The molecule has 0 aliphatic carbocycles. The average Bonchev–Trinajstić information content (AvgIpc) is 1.86. The number of nitrogens with two attached hydrogens (primary N) is 1. The number of amidine groups is 1. The fourth-order valence-electron chi connectivity index (χ4n) is 0.229. The zero-order valence-electron chi connectivity index (χ0n) is 3.14. The van der Waals surface area contributed by atoms with Crippen molar-refractivity contribution in [3.8, 4) is 0 Å². The Kier molecular flexibility index (Phi) is 0.874. The van der Waals surface area contributed by atoms with Gasteiger partial charge in [-0.1, -0.05) is 0 Å². The molecule has 0 bridgehead atoms. The normalized spacial score (nSPS) is 19.7. The summed E-state index contributed by atoms with van der Waals surface area (Å²) in [5.41, 5.74) is 5.20. The van der Waals surface area contributed by atoms with Gasteiger partial charge < -0.3 is 5.73 Å². The second-order valence-corrected chi connectivity index (χ2v) is 1.74. The molecule has 4 heteroatoms. The lowest BCUT2D eigenvalue weighted by Gasteiger charge is -1.75. The highest BCUT2D eigenvalue weighted by molar-refractivity contribution is 7.98. The molecule has 0 aromatic rings. The molecule has 0 unspecified atom stereocenters. The van der Waals surface area contributed by atoms with Crippen LogP contribution in [0.4, 0.5) is 0 Å². The van der Waals surface area contributed by atoms with Crippen LogP contribution in [0.1, 0.15) is 0 Å². The van der Waals surface area contributed by atoms with E-state index < -0.39 is 0 Å². The molecular weight excluding hydrogens is 98.1 g/mol. The summed E-state index contributed by atoms with van der Waals surface area (Å²) in [7, 11) is 0. The first-order chi connectivity index (χ1) is 2.89. The Morgan fingerprint density at radius 2 is 2.83 bits per heavy atom. The van der Waals surface area contributed by atoms with Crippen molar-refractivity contribution in [1.82, 2.24) is 4.83 Å². The maximum absolute atomic E-state index is 5.20. The van der Waals surface area contributed by atoms with Crippen molar-refractivity contribution in [2.45, 2.75) is 0 Å². The minimum atomic E-state index is 0.681. The maximum Gasteiger partial charge on any atom is 0.132 e. The van der Waals surface area contributed by atoms with Gasteiger partial charge in [-0.15, -0.1) is 0 Å². The molecule has 0 radical (unpaired) electrons. The van der Waals surface area contributed by atoms with Crippen LogP contribution in [0.3, 0.4) is 0 Å². The topological polar surface area (TPSA) is 50.4 Å². The van der Waals surface area contributed by atoms with Gasteiger partial charge in [0, 0.05) is 0 Å². The molecule has 1 rings (SSSR count). The fourth-order valence-corrected chi connectivity index (χ4v) is 0.688. The highest BCUT2D eigenvalue weighted by Crippen LogP contribution is 1.97. The number of hydrogen-bond acceptors (Lipinski definition) is 4. The molecular formula is C2H5N3S. The standard InChI is InChI=1S/C2H5N3S/c3-2-1-6-5-4-2/h5H,1H2,(H2,3,4). The van der Waals surface area contributed by atoms with Crippen LogP contribution in [0.25, 0.3) is 0 Å². The van der Waals surface area contributed by atoms with Crippen LogP contribution >= 0.6 is 11.9 Å². The van der Waals surface area contributed by atoms with Gasteiger partial charge in [0.1, 0.15) is 5.84 Å². The maximum atomic E-state index is 5.20. The predicted molar refractivity (Wildman–Crippen MR) is 27.2 cm³/mol. The molecule has 0 atom stereocenters. The van der Waals surface area contributed by atoms with Gasteiger partial charge in [0.2, 0.25) is 0 Å². The van der Waals surface area contributed by atoms with Crippen molar-refractivity contribution in [3.05, 3.63) is 0 Å². The van der Waals surface area contributed by atoms with E-state index in [1.807, 2.05) is 0 Å². The van der Waals surface area contributed by atoms with Crippen molar-refractivity contribution in [1.29, 1.82) is 0 Å². The lowest BCUT2D eigenvalue weighted by molar-refractivity contribution is 1.13. The molecule has 0 spiro atoms. The van der Waals surface area contributed by atoms with Crippen LogP contribution in [0.15, 0.2) is 5.10 Å². The van der Waals surface area contributed by atoms with E-state index in [9.17, 15) is 0 Å². The van der Waals surface area contributed by atoms with Gasteiger partial charge in [-0.3, -0.25) is 0 Å². The Labute approximate surface area is 40.1 Å². The molecule has 3 nitrogen and oxygen atoms in total. The number of hydrazone groups is 1. The van der Waals surface area contributed by atoms with Crippen molar-refractivity contribution in [2.24, 2.45) is 10.8 Å². The van der Waals surface area contributed by atoms with Crippen molar-refractivity contribution in [3.63, 3.8) is 0 Å². The Morgan fingerprint density at radius 1 is 2.00 bits per heavy atom. The monoisotopic (exact) mass is 103 g/mol. The molecule has 34 valence electrons. The van der Waals surface area contributed by atoms with Crippen molar-refractivity contribution >= 4 is 17.8 Å². The summed E-state index contributed by atoms with van der Waals surface area (Å²) in [4.78, 5) is 2.65. The minimum absolute atomic E-state index is 0.681. The smallest absolute Gasteiger partial charge is 0.132 e. The SMILES string of the molecule is NC1=NNSC1. The summed E-state index contributed by atoms with van der Waals surface area (Å²) >= 11 is 1.50. The second-order valence-electron chi connectivity index (χ2n) is 0.983. The second kappa shape index (κ2) is 1.38. The molecule has 1 aliphatic rings. The van der Waals surface area contributed by atoms with E-state index in [-0.39, 0.29) is 0 Å². The lowest BCUT2D eigenvalue weighted by Crippen LogP contribution is -2.09. The lowest BCUT2D eigenvalue weighted by atomic mass is 10.7. The Hall–Kier alpha value is -0.380. The largest absolute Gasteiger partial charge is 0.385 e. The third-order valence-electron chi connectivity index (χ3n) is 0.474. The van der Waals surface area contributed by atoms with Crippen LogP contribution in [-0.4, -0.2) is 11.6 Å². The zero-order valence-corrected chi connectivity index (χ0v) is 3.96. The van der Waals surface area contributed by atoms with Crippen molar-refractivity contribution in [2.75, 3.05) is 5.75 Å². The third-order valence-corrected chi connectivity index (χ3v) is 1.13. The Balaban J connectivity index is 2.45. The fraction of sp³-hybridized carbons (Fsp3) is 0.500. The highest BCUT2D eigenvalue weighted by atomic mass is 32.2. The first kappa shape index (κ1) is 3.80. The molecule has 3 N–H and O–H groups in total. The molecule has 0 fully saturated rings. The summed E-state index contributed by atoms with van der Waals surface area (Å²) in [6, 6.07) is 0. The molecule has 0 saturated heterocycles. The first-order valence-corrected chi connectivity index (χ1v) is 2.57. The van der Waals surface area contributed by atoms with E-state index in [1.54, 1.807) is 0 Å². The van der Waals surface area contributed by atoms with Crippen LogP contribution in [-0.2, 0) is 0 Å². The number of hydrogen-bond donors (Lipinski definition) is 2. The Morgan fingerprint density at radius 3 is 3.00 bits per heavy atom. The molecule has 0 aromatic carbocycles. The molecule has 1 heterocycles. The molecule has 0 amide bonds. The van der Waals surface area contributed by atoms with Crippen LogP contribution < -0.4 is 10.6 Å². The quantitative estimate of drug-likeness (QED) is 0.407. The summed E-state index contributed by atoms with van der Waals surface area (Å²) < 4.78 is 0. The van der Waals surface area contributed by atoms with Gasteiger partial charge in [0.05, 0.1) is 5.75 Å². The van der Waals surface area contributed by atoms with Crippen LogP contribution in [0.5, 0.6) is 0 Å². The van der Waals surface area contributed by atoms with Crippen LogP contribution in [0.2, 0.25) is 0 Å². The average molecular weight is 103 g/mol. The highest BCUT2D eigenvalue weighted by Gasteiger charge is 1.97. The van der Waals surface area contributed by atoms with E-state index in [4.69, 9.17) is 5.73 Å². The van der Waals surface area contributed by atoms with E-state index in [2.05, 4.69) is 9.93 Å². The molecule has 0 saturated carbocycles. The van der Waals surface area contributed by atoms with E-state index in [1.165, 1.54) is 11.9 Å². The van der Waals surface area contributed by atoms with Gasteiger partial charge >= 0.3 is 0 Å². The Bertz CT molecular complexity index is 78.9. The summed E-state index contributed by atoms with van der Waals surface area (Å²) in [5.74, 6) is 1.50. The first-order valence-electron chi connectivity index (χ1n) is 1.58. The van der Waals surface area contributed by atoms with Gasteiger partial charge in [0.25, 0.3) is 0 Å². The molecule has 6 heavy (non-hydrogen) atoms. The molecule has 1 aliphatic heterocycles. The summed E-state index contributed by atoms with van der Waals surface area (Å²) in [6.07, 6.45) is 0. The van der Waals surface area contributed by atoms with E-state index >= 15 is 0 Å². The summed E-state index contributed by atoms with van der Waals surface area (Å²) in [5, 5.41) is 3.64. The van der Waals surface area contributed by atoms with E-state index in [0.717, 1.165) is 5.75 Å².